The number of fused-ring (bicyclic) bond motifs is 2. The van der Waals surface area contributed by atoms with Gasteiger partial charge in [-0.2, -0.15) is 0 Å². The topological polar surface area (TPSA) is 75.2 Å². The number of hydrogen-bond donors (Lipinski definition) is 1. The predicted octanol–water partition coefficient (Wildman–Crippen LogP) is 7.01. The maximum absolute atomic E-state index is 12.6. The standard InChI is InChI=1S/C19H15ClN2O.C12H12N2.C7H4Cl2O/c20-16-6-4-14(5-7-16)18(23)22-12-15-11-19(15,13-22)9-8-17-3-1-2-10-21-17;1-2-6-14-11(3-1)4-5-12-7-10(12)8-13-9-12;8-6-3-1-5(2-4-6)7(9)10/h1-7,10,15H,11-13H2;1-3,6,10,13H,7-9H2;1-4H. The van der Waals surface area contributed by atoms with Crippen molar-refractivity contribution in [2.24, 2.45) is 22.7 Å². The second-order valence-corrected chi connectivity index (χ2v) is 13.4. The highest BCUT2D eigenvalue weighted by Gasteiger charge is 2.60. The Morgan fingerprint density at radius 3 is 1.79 bits per heavy atom. The molecule has 2 aromatic heterocycles. The molecular weight excluding hydrogens is 651 g/mol. The molecule has 4 aromatic rings. The number of rotatable bonds is 2. The lowest BCUT2D eigenvalue weighted by Crippen LogP contribution is -2.31. The molecule has 4 unspecified atom stereocenters. The molecule has 2 aliphatic carbocycles. The predicted molar refractivity (Wildman–Crippen MR) is 185 cm³/mol. The number of pyridine rings is 2. The van der Waals surface area contributed by atoms with E-state index in [4.69, 9.17) is 34.8 Å². The van der Waals surface area contributed by atoms with Crippen LogP contribution in [0.2, 0.25) is 10.0 Å². The van der Waals surface area contributed by atoms with Gasteiger partial charge in [-0.1, -0.05) is 47.2 Å². The summed E-state index contributed by atoms with van der Waals surface area (Å²) in [5.41, 5.74) is 3.10. The fraction of sp³-hybridized carbons (Fsp3) is 0.263. The van der Waals surface area contributed by atoms with Crippen molar-refractivity contribution in [3.63, 3.8) is 0 Å². The van der Waals surface area contributed by atoms with E-state index in [9.17, 15) is 9.59 Å². The third-order valence-electron chi connectivity index (χ3n) is 8.87. The molecule has 1 amide bonds. The Morgan fingerprint density at radius 1 is 0.745 bits per heavy atom. The summed E-state index contributed by atoms with van der Waals surface area (Å²) in [5, 5.41) is 4.16. The van der Waals surface area contributed by atoms with E-state index >= 15 is 0 Å². The maximum atomic E-state index is 12.6. The summed E-state index contributed by atoms with van der Waals surface area (Å²) in [6.45, 7) is 3.71. The fourth-order valence-electron chi connectivity index (χ4n) is 5.97. The van der Waals surface area contributed by atoms with Gasteiger partial charge in [0.2, 0.25) is 0 Å². The largest absolute Gasteiger partial charge is 0.337 e. The molecule has 4 atom stereocenters. The highest BCUT2D eigenvalue weighted by atomic mass is 35.5. The molecule has 2 saturated heterocycles. The van der Waals surface area contributed by atoms with Gasteiger partial charge in [-0.15, -0.1) is 0 Å². The zero-order valence-corrected chi connectivity index (χ0v) is 27.7. The van der Waals surface area contributed by atoms with E-state index in [1.807, 2.05) is 41.3 Å². The minimum Gasteiger partial charge on any atom is -0.337 e. The fourth-order valence-corrected chi connectivity index (χ4v) is 6.35. The number of carbonyl (C=O) groups is 2. The Hall–Kier alpha value is -4.17. The van der Waals surface area contributed by atoms with Gasteiger partial charge < -0.3 is 10.2 Å². The first-order chi connectivity index (χ1) is 22.8. The van der Waals surface area contributed by atoms with Crippen molar-refractivity contribution in [3.8, 4) is 23.7 Å². The summed E-state index contributed by atoms with van der Waals surface area (Å²) < 4.78 is 0. The Bertz CT molecular complexity index is 1870. The monoisotopic (exact) mass is 680 g/mol. The molecule has 47 heavy (non-hydrogen) atoms. The van der Waals surface area contributed by atoms with Crippen LogP contribution in [0.25, 0.3) is 0 Å². The normalized spacial score (nSPS) is 23.9. The molecule has 236 valence electrons. The van der Waals surface area contributed by atoms with Crippen molar-refractivity contribution in [1.29, 1.82) is 0 Å². The summed E-state index contributed by atoms with van der Waals surface area (Å²) in [5.74, 6) is 14.4. The average Bonchev–Trinajstić information content (AvgIpc) is 3.88. The lowest BCUT2D eigenvalue weighted by Gasteiger charge is -2.19. The minimum atomic E-state index is -0.461. The van der Waals surface area contributed by atoms with Crippen LogP contribution in [0.4, 0.5) is 0 Å². The van der Waals surface area contributed by atoms with Gasteiger partial charge in [0, 0.05) is 58.6 Å². The van der Waals surface area contributed by atoms with E-state index in [0.29, 0.717) is 39.0 Å². The van der Waals surface area contributed by atoms with Gasteiger partial charge in [0.1, 0.15) is 11.4 Å². The lowest BCUT2D eigenvalue weighted by molar-refractivity contribution is 0.0770. The van der Waals surface area contributed by atoms with Crippen LogP contribution in [-0.2, 0) is 0 Å². The van der Waals surface area contributed by atoms with Crippen molar-refractivity contribution >= 4 is 46.0 Å². The van der Waals surface area contributed by atoms with Crippen LogP contribution in [-0.4, -0.2) is 52.2 Å². The van der Waals surface area contributed by atoms with E-state index in [1.54, 1.807) is 60.9 Å². The molecular formula is C38H31Cl3N4O2. The molecule has 8 rings (SSSR count). The zero-order valence-electron chi connectivity index (χ0n) is 25.4. The van der Waals surface area contributed by atoms with Crippen molar-refractivity contribution in [1.82, 2.24) is 20.2 Å². The third kappa shape index (κ3) is 8.22. The zero-order chi connectivity index (χ0) is 32.9. The molecule has 2 aliphatic heterocycles. The van der Waals surface area contributed by atoms with E-state index in [-0.39, 0.29) is 11.3 Å². The van der Waals surface area contributed by atoms with Crippen LogP contribution in [0.5, 0.6) is 0 Å². The van der Waals surface area contributed by atoms with Crippen LogP contribution in [0.15, 0.2) is 97.3 Å². The highest BCUT2D eigenvalue weighted by Crippen LogP contribution is 2.57. The van der Waals surface area contributed by atoms with Gasteiger partial charge in [0.05, 0.1) is 5.41 Å². The van der Waals surface area contributed by atoms with Crippen LogP contribution < -0.4 is 5.32 Å². The van der Waals surface area contributed by atoms with Gasteiger partial charge in [0.25, 0.3) is 11.1 Å². The van der Waals surface area contributed by atoms with Crippen LogP contribution in [0.3, 0.4) is 0 Å². The number of carbonyl (C=O) groups excluding carboxylic acids is 2. The number of amides is 1. The summed E-state index contributed by atoms with van der Waals surface area (Å²) in [4.78, 5) is 33.4. The number of nitrogens with zero attached hydrogens (tertiary/aromatic N) is 3. The number of hydrogen-bond acceptors (Lipinski definition) is 5. The molecule has 6 nitrogen and oxygen atoms in total. The Balaban J connectivity index is 0.000000137. The van der Waals surface area contributed by atoms with Crippen molar-refractivity contribution in [2.45, 2.75) is 12.8 Å². The first-order valence-corrected chi connectivity index (χ1v) is 16.5. The molecule has 4 heterocycles. The number of piperidine rings is 2. The quantitative estimate of drug-likeness (QED) is 0.182. The lowest BCUT2D eigenvalue weighted by atomic mass is 10.1. The van der Waals surface area contributed by atoms with Crippen LogP contribution in [0.1, 0.15) is 44.9 Å². The van der Waals surface area contributed by atoms with E-state index < -0.39 is 5.24 Å². The molecule has 4 aliphatic rings. The smallest absolute Gasteiger partial charge is 0.253 e. The molecule has 2 saturated carbocycles. The van der Waals surface area contributed by atoms with Crippen molar-refractivity contribution < 1.29 is 9.59 Å². The van der Waals surface area contributed by atoms with E-state index in [2.05, 4.69) is 39.0 Å². The molecule has 0 spiro atoms. The number of nitrogens with one attached hydrogen (secondary N) is 1. The Kier molecular flexibility index (Phi) is 9.97. The molecule has 2 aromatic carbocycles. The second kappa shape index (κ2) is 14.3. The van der Waals surface area contributed by atoms with Gasteiger partial charge in [-0.05, 0) is 127 Å². The molecule has 4 fully saturated rings. The number of benzene rings is 2. The molecule has 9 heteroatoms. The number of likely N-dealkylation sites (tertiary alicyclic amines) is 1. The van der Waals surface area contributed by atoms with Crippen molar-refractivity contribution in [2.75, 3.05) is 26.2 Å². The summed E-state index contributed by atoms with van der Waals surface area (Å²) in [7, 11) is 0. The maximum Gasteiger partial charge on any atom is 0.253 e. The van der Waals surface area contributed by atoms with Crippen molar-refractivity contribution in [3.05, 3.63) is 130 Å². The van der Waals surface area contributed by atoms with E-state index in [1.165, 1.54) is 6.42 Å². The van der Waals surface area contributed by atoms with Crippen LogP contribution >= 0.6 is 34.8 Å². The SMILES string of the molecule is C(#CC12CNCC1C2)c1ccccn1.O=C(Cl)c1ccc(Cl)cc1.O=C(c1ccc(Cl)cc1)N1CC2CC2(C#Cc2ccccn2)C1. The van der Waals surface area contributed by atoms with Gasteiger partial charge >= 0.3 is 0 Å². The van der Waals surface area contributed by atoms with Gasteiger partial charge in [0.15, 0.2) is 0 Å². The summed E-state index contributed by atoms with van der Waals surface area (Å²) in [6, 6.07) is 25.0. The second-order valence-electron chi connectivity index (χ2n) is 12.1. The summed E-state index contributed by atoms with van der Waals surface area (Å²) >= 11 is 16.6. The van der Waals surface area contributed by atoms with Gasteiger partial charge in [-0.3, -0.25) is 9.59 Å². The average molecular weight is 682 g/mol. The minimum absolute atomic E-state index is 0.0282. The first-order valence-electron chi connectivity index (χ1n) is 15.3. The molecule has 0 radical (unpaired) electrons. The number of aromatic nitrogens is 2. The molecule has 0 bridgehead atoms. The molecule has 1 N–H and O–H groups in total. The highest BCUT2D eigenvalue weighted by molar-refractivity contribution is 6.67. The van der Waals surface area contributed by atoms with E-state index in [0.717, 1.165) is 43.4 Å². The number of halogens is 3. The van der Waals surface area contributed by atoms with Crippen LogP contribution in [0, 0.1) is 46.3 Å². The Morgan fingerprint density at radius 2 is 1.30 bits per heavy atom. The Labute approximate surface area is 289 Å². The first kappa shape index (κ1) is 32.8. The summed E-state index contributed by atoms with van der Waals surface area (Å²) in [6.07, 6.45) is 5.90. The third-order valence-corrected chi connectivity index (χ3v) is 9.59. The van der Waals surface area contributed by atoms with Gasteiger partial charge in [-0.25, -0.2) is 9.97 Å².